The van der Waals surface area contributed by atoms with E-state index in [4.69, 9.17) is 4.42 Å². The van der Waals surface area contributed by atoms with Crippen LogP contribution in [0.1, 0.15) is 19.4 Å². The van der Waals surface area contributed by atoms with Gasteiger partial charge in [-0.25, -0.2) is 13.0 Å². The predicted octanol–water partition coefficient (Wildman–Crippen LogP) is 4.59. The number of hydrogen-bond acceptors (Lipinski definition) is 6. The van der Waals surface area contributed by atoms with Crippen LogP contribution in [0.15, 0.2) is 40.0 Å². The minimum Gasteiger partial charge on any atom is -0.422 e. The maximum absolute atomic E-state index is 12.6. The van der Waals surface area contributed by atoms with Crippen molar-refractivity contribution in [1.82, 2.24) is 10.2 Å². The second-order valence-electron chi connectivity index (χ2n) is 5.20. The van der Waals surface area contributed by atoms with Gasteiger partial charge in [0, 0.05) is 17.9 Å². The van der Waals surface area contributed by atoms with Crippen molar-refractivity contribution >= 4 is 17.3 Å². The van der Waals surface area contributed by atoms with Crippen molar-refractivity contribution in [2.24, 2.45) is 0 Å². The Bertz CT molecular complexity index is 984. The molecule has 6 nitrogen and oxygen atoms in total. The summed E-state index contributed by atoms with van der Waals surface area (Å²) in [5.41, 5.74) is 2.00. The molecule has 0 saturated carbocycles. The Balaban J connectivity index is 0.000000280. The molecule has 3 rings (SSSR count). The average Bonchev–Trinajstić information content (AvgIpc) is 3.23. The fraction of sp³-hybridized carbons (Fsp3) is 0.211. The van der Waals surface area contributed by atoms with Gasteiger partial charge in [0.2, 0.25) is 23.3 Å². The first-order chi connectivity index (χ1) is 14.2. The Morgan fingerprint density at radius 2 is 1.53 bits per heavy atom. The largest absolute Gasteiger partial charge is 0.422 e. The third-order valence-electron chi connectivity index (χ3n) is 3.19. The molecule has 0 aliphatic heterocycles. The highest BCUT2D eigenvalue weighted by molar-refractivity contribution is 7.84. The molecule has 0 N–H and O–H groups in total. The van der Waals surface area contributed by atoms with Crippen LogP contribution in [0, 0.1) is 30.2 Å². The number of benzene rings is 2. The molecule has 2 aromatic carbocycles. The zero-order valence-electron chi connectivity index (χ0n) is 16.4. The Hall–Kier alpha value is -3.08. The fourth-order valence-corrected chi connectivity index (χ4v) is 2.19. The van der Waals surface area contributed by atoms with Gasteiger partial charge in [0.25, 0.3) is 6.47 Å². The molecule has 30 heavy (non-hydrogen) atoms. The summed E-state index contributed by atoms with van der Waals surface area (Å²) in [5.74, 6) is -7.73. The van der Waals surface area contributed by atoms with E-state index in [1.165, 1.54) is 6.26 Å². The third-order valence-corrected chi connectivity index (χ3v) is 3.85. The molecule has 0 saturated heterocycles. The van der Waals surface area contributed by atoms with Crippen molar-refractivity contribution in [2.75, 3.05) is 6.26 Å². The van der Waals surface area contributed by atoms with E-state index in [0.717, 1.165) is 11.1 Å². The van der Waals surface area contributed by atoms with Crippen LogP contribution in [0.25, 0.3) is 11.5 Å². The van der Waals surface area contributed by atoms with Gasteiger partial charge in [-0.1, -0.05) is 36.6 Å². The molecule has 0 amide bonds. The molecular formula is C19H18F4N2O4S. The van der Waals surface area contributed by atoms with Crippen LogP contribution in [0.2, 0.25) is 0 Å². The molecule has 0 aliphatic rings. The first-order valence-electron chi connectivity index (χ1n) is 8.41. The maximum atomic E-state index is 12.6. The minimum atomic E-state index is -1.74. The highest BCUT2D eigenvalue weighted by Crippen LogP contribution is 2.25. The van der Waals surface area contributed by atoms with Crippen LogP contribution in [0.5, 0.6) is 5.75 Å². The van der Waals surface area contributed by atoms with Crippen molar-refractivity contribution in [3.8, 4) is 17.2 Å². The first kappa shape index (κ1) is 25.0. The van der Waals surface area contributed by atoms with Gasteiger partial charge >= 0.3 is 5.22 Å². The van der Waals surface area contributed by atoms with E-state index in [1.54, 1.807) is 0 Å². The van der Waals surface area contributed by atoms with E-state index in [-0.39, 0.29) is 17.8 Å². The number of hydrogen-bond donors (Lipinski definition) is 0. The van der Waals surface area contributed by atoms with E-state index in [2.05, 4.69) is 14.9 Å². The Morgan fingerprint density at radius 3 is 1.97 bits per heavy atom. The van der Waals surface area contributed by atoms with Crippen LogP contribution in [-0.2, 0) is 15.6 Å². The molecule has 1 heterocycles. The van der Waals surface area contributed by atoms with Gasteiger partial charge in [0.15, 0.2) is 11.6 Å². The molecule has 162 valence electrons. The summed E-state index contributed by atoms with van der Waals surface area (Å²) in [7, 11) is -1.23. The summed E-state index contributed by atoms with van der Waals surface area (Å²) in [5, 5.41) is 7.68. The standard InChI is InChI=1S/C10H10N2O2S.C7H2F4O2.C2H6/c1-7-3-5-8(6-4-7)9-11-12-10(14-9)15(2)13;8-3-1-4(9)6(11)7(5(3)10)13-2-12;1-2/h3-6H,1-2H3;1-2H;1-2H3. The first-order valence-corrected chi connectivity index (χ1v) is 9.97. The van der Waals surface area contributed by atoms with E-state index < -0.39 is 39.8 Å². The van der Waals surface area contributed by atoms with Gasteiger partial charge in [0.05, 0.1) is 0 Å². The molecule has 1 aromatic heterocycles. The van der Waals surface area contributed by atoms with Gasteiger partial charge < -0.3 is 9.15 Å². The molecule has 0 radical (unpaired) electrons. The van der Waals surface area contributed by atoms with E-state index in [1.807, 2.05) is 45.0 Å². The molecule has 0 fully saturated rings. The van der Waals surface area contributed by atoms with Gasteiger partial charge in [0.1, 0.15) is 10.8 Å². The van der Waals surface area contributed by atoms with Crippen molar-refractivity contribution < 1.29 is 35.7 Å². The molecular weight excluding hydrogens is 428 g/mol. The summed E-state index contributed by atoms with van der Waals surface area (Å²) in [6.45, 7) is 5.67. The van der Waals surface area contributed by atoms with Crippen LogP contribution >= 0.6 is 0 Å². The lowest BCUT2D eigenvalue weighted by Gasteiger charge is -2.02. The number of aryl methyl sites for hydroxylation is 1. The molecule has 1 unspecified atom stereocenters. The molecule has 11 heteroatoms. The molecule has 0 bridgehead atoms. The highest BCUT2D eigenvalue weighted by Gasteiger charge is 2.20. The lowest BCUT2D eigenvalue weighted by molar-refractivity contribution is -0.121. The zero-order chi connectivity index (χ0) is 22.8. The summed E-state index contributed by atoms with van der Waals surface area (Å²) in [4.78, 5) is 9.70. The smallest absolute Gasteiger partial charge is 0.307 e. The van der Waals surface area contributed by atoms with E-state index in [0.29, 0.717) is 5.89 Å². The van der Waals surface area contributed by atoms with Crippen molar-refractivity contribution in [3.05, 3.63) is 59.2 Å². The Morgan fingerprint density at radius 1 is 1.00 bits per heavy atom. The number of ether oxygens (including phenoxy) is 1. The molecule has 3 aromatic rings. The second kappa shape index (κ2) is 11.8. The zero-order valence-corrected chi connectivity index (χ0v) is 17.2. The highest BCUT2D eigenvalue weighted by atomic mass is 32.2. The average molecular weight is 446 g/mol. The maximum Gasteiger partial charge on any atom is 0.307 e. The number of nitrogens with zero attached hydrogens (tertiary/aromatic N) is 2. The van der Waals surface area contributed by atoms with Crippen LogP contribution in [-0.4, -0.2) is 27.1 Å². The topological polar surface area (TPSA) is 82.3 Å². The number of carbonyl (C=O) groups excluding carboxylic acids is 1. The van der Waals surface area contributed by atoms with Crippen LogP contribution in [0.4, 0.5) is 17.6 Å². The van der Waals surface area contributed by atoms with Crippen molar-refractivity contribution in [1.29, 1.82) is 0 Å². The van der Waals surface area contributed by atoms with Gasteiger partial charge in [-0.05, 0) is 19.1 Å². The third kappa shape index (κ3) is 6.48. The number of aromatic nitrogens is 2. The minimum absolute atomic E-state index is 0.0162. The Kier molecular flexibility index (Phi) is 9.82. The molecule has 0 aliphatic carbocycles. The van der Waals surface area contributed by atoms with Crippen molar-refractivity contribution in [2.45, 2.75) is 26.0 Å². The monoisotopic (exact) mass is 446 g/mol. The summed E-state index contributed by atoms with van der Waals surface area (Å²) in [6.07, 6.45) is 1.51. The van der Waals surface area contributed by atoms with E-state index >= 15 is 0 Å². The predicted molar refractivity (Wildman–Crippen MR) is 101 cm³/mol. The lowest BCUT2D eigenvalue weighted by atomic mass is 10.1. The summed E-state index contributed by atoms with van der Waals surface area (Å²) >= 11 is 0. The van der Waals surface area contributed by atoms with Gasteiger partial charge in [-0.15, -0.1) is 5.10 Å². The normalized spacial score (nSPS) is 10.8. The van der Waals surface area contributed by atoms with Crippen LogP contribution < -0.4 is 4.74 Å². The fourth-order valence-electron chi connectivity index (χ4n) is 1.84. The van der Waals surface area contributed by atoms with Crippen LogP contribution in [0.3, 0.4) is 0 Å². The lowest BCUT2D eigenvalue weighted by Crippen LogP contribution is -2.01. The van der Waals surface area contributed by atoms with E-state index in [9.17, 15) is 26.6 Å². The van der Waals surface area contributed by atoms with Crippen molar-refractivity contribution in [3.63, 3.8) is 0 Å². The SMILES string of the molecule is CC.Cc1ccc(-c2nnc(S(C)=O)o2)cc1.O=COc1c(F)c(F)cc(F)c1F. The number of halogens is 4. The van der Waals surface area contributed by atoms with Gasteiger partial charge in [-0.2, -0.15) is 8.78 Å². The molecule has 0 spiro atoms. The van der Waals surface area contributed by atoms with Gasteiger partial charge in [-0.3, -0.25) is 4.79 Å². The summed E-state index contributed by atoms with van der Waals surface area (Å²) < 4.78 is 69.9. The summed E-state index contributed by atoms with van der Waals surface area (Å²) in [6, 6.07) is 7.73. The Labute approximate surface area is 172 Å². The molecule has 1 atom stereocenters. The number of carbonyl (C=O) groups is 1. The second-order valence-corrected chi connectivity index (χ2v) is 6.46. The quantitative estimate of drug-likeness (QED) is 0.331. The number of rotatable bonds is 4.